The van der Waals surface area contributed by atoms with E-state index in [9.17, 15) is 0 Å². The molecule has 0 N–H and O–H groups in total. The zero-order valence-electron chi connectivity index (χ0n) is 4.56. The van der Waals surface area contributed by atoms with E-state index >= 15 is 0 Å². The molecule has 0 aliphatic carbocycles. The normalized spacial score (nSPS) is 9.57. The second kappa shape index (κ2) is 2.04. The van der Waals surface area contributed by atoms with Gasteiger partial charge in [-0.1, -0.05) is 0 Å². The summed E-state index contributed by atoms with van der Waals surface area (Å²) in [6.45, 7) is 2.12. The quantitative estimate of drug-likeness (QED) is 0.428. The van der Waals surface area contributed by atoms with Crippen LogP contribution in [0.4, 0.5) is 0 Å². The molecule has 0 spiro atoms. The summed E-state index contributed by atoms with van der Waals surface area (Å²) in [6.07, 6.45) is 0. The maximum absolute atomic E-state index is 2.14. The molecule has 32 valence electrons. The van der Waals surface area contributed by atoms with Crippen LogP contribution < -0.4 is 3.55 Å². The molecule has 0 radical (unpaired) electrons. The molecule has 0 saturated carbocycles. The first kappa shape index (κ1) is 5.43. The fourth-order valence-electron chi connectivity index (χ4n) is 0.557. The third-order valence-electron chi connectivity index (χ3n) is 0.875. The van der Waals surface area contributed by atoms with E-state index in [2.05, 4.69) is 36.8 Å². The molecule has 1 heterocycles. The second-order valence-electron chi connectivity index (χ2n) is 1.66. The Hall–Kier alpha value is 0.297. The Morgan fingerprint density at radius 2 is 2.29 bits per heavy atom. The summed E-state index contributed by atoms with van der Waals surface area (Å²) in [5.41, 5.74) is 0. The number of thiophene rings is 1. The van der Waals surface area contributed by atoms with Gasteiger partial charge in [0.2, 0.25) is 0 Å². The molecule has 1 rings (SSSR count). The minimum atomic E-state index is 1.40. The van der Waals surface area contributed by atoms with Crippen molar-refractivity contribution in [3.05, 3.63) is 17.0 Å². The molecule has 1 aromatic rings. The summed E-state index contributed by atoms with van der Waals surface area (Å²) < 4.78 is 1.40. The Morgan fingerprint density at radius 1 is 1.57 bits per heavy atom. The SMILES string of the molecule is [Li][c]1ccc(C)s1. The van der Waals surface area contributed by atoms with Gasteiger partial charge in [-0.25, -0.2) is 0 Å². The van der Waals surface area contributed by atoms with Crippen LogP contribution in [0.5, 0.6) is 0 Å². The van der Waals surface area contributed by atoms with Crippen LogP contribution in [0.1, 0.15) is 4.88 Å². The Labute approximate surface area is 56.8 Å². The molecule has 0 aliphatic heterocycles. The first-order chi connectivity index (χ1) is 3.29. The summed E-state index contributed by atoms with van der Waals surface area (Å²) in [5.74, 6) is 0. The van der Waals surface area contributed by atoms with Gasteiger partial charge in [0, 0.05) is 0 Å². The van der Waals surface area contributed by atoms with E-state index in [4.69, 9.17) is 0 Å². The number of aryl methyl sites for hydroxylation is 1. The Balaban J connectivity index is 3.04. The van der Waals surface area contributed by atoms with Crippen LogP contribution >= 0.6 is 11.3 Å². The average Bonchev–Trinajstić information content (AvgIpc) is 1.87. The van der Waals surface area contributed by atoms with E-state index in [0.717, 1.165) is 0 Å². The van der Waals surface area contributed by atoms with E-state index in [0.29, 0.717) is 0 Å². The fourth-order valence-corrected chi connectivity index (χ4v) is 1.34. The molecule has 0 unspecified atom stereocenters. The number of hydrogen-bond donors (Lipinski definition) is 0. The van der Waals surface area contributed by atoms with Gasteiger partial charge < -0.3 is 0 Å². The van der Waals surface area contributed by atoms with Gasteiger partial charge >= 0.3 is 56.5 Å². The van der Waals surface area contributed by atoms with Crippen LogP contribution in [0.15, 0.2) is 12.1 Å². The molecule has 0 aromatic carbocycles. The molecule has 0 bridgehead atoms. The van der Waals surface area contributed by atoms with E-state index in [-0.39, 0.29) is 0 Å². The van der Waals surface area contributed by atoms with Crippen LogP contribution in [-0.2, 0) is 0 Å². The third kappa shape index (κ3) is 1.35. The monoisotopic (exact) mass is 104 g/mol. The van der Waals surface area contributed by atoms with Crippen molar-refractivity contribution in [2.24, 2.45) is 0 Å². The first-order valence-corrected chi connectivity index (χ1v) is 3.14. The zero-order valence-corrected chi connectivity index (χ0v) is 5.38. The van der Waals surface area contributed by atoms with Crippen molar-refractivity contribution in [1.82, 2.24) is 0 Å². The van der Waals surface area contributed by atoms with Gasteiger partial charge in [0.15, 0.2) is 0 Å². The Morgan fingerprint density at radius 3 is 2.43 bits per heavy atom. The standard InChI is InChI=1S/C5H5S.Li/c1-5-3-2-4-6-5;/h2-3H,1H3;. The van der Waals surface area contributed by atoms with Crippen molar-refractivity contribution in [3.63, 3.8) is 0 Å². The second-order valence-corrected chi connectivity index (χ2v) is 3.15. The summed E-state index contributed by atoms with van der Waals surface area (Å²) in [5, 5.41) is 0. The van der Waals surface area contributed by atoms with Crippen molar-refractivity contribution in [2.75, 3.05) is 0 Å². The van der Waals surface area contributed by atoms with Crippen LogP contribution in [-0.4, -0.2) is 17.7 Å². The van der Waals surface area contributed by atoms with Gasteiger partial charge in [-0.15, -0.1) is 0 Å². The van der Waals surface area contributed by atoms with E-state index in [1.807, 2.05) is 11.3 Å². The van der Waals surface area contributed by atoms with E-state index in [1.165, 1.54) is 8.43 Å². The van der Waals surface area contributed by atoms with Gasteiger partial charge in [-0.05, 0) is 0 Å². The summed E-state index contributed by atoms with van der Waals surface area (Å²) in [4.78, 5) is 1.40. The van der Waals surface area contributed by atoms with Gasteiger partial charge in [0.1, 0.15) is 0 Å². The van der Waals surface area contributed by atoms with Crippen LogP contribution in [0, 0.1) is 6.92 Å². The average molecular weight is 104 g/mol. The summed E-state index contributed by atoms with van der Waals surface area (Å²) >= 11 is 3.97. The molecule has 0 nitrogen and oxygen atoms in total. The van der Waals surface area contributed by atoms with Crippen molar-refractivity contribution >= 4 is 32.6 Å². The Kier molecular flexibility index (Phi) is 1.59. The van der Waals surface area contributed by atoms with Gasteiger partial charge in [0.25, 0.3) is 0 Å². The predicted octanol–water partition coefficient (Wildman–Crippen LogP) is 0.850. The molecule has 7 heavy (non-hydrogen) atoms. The third-order valence-corrected chi connectivity index (χ3v) is 1.79. The summed E-state index contributed by atoms with van der Waals surface area (Å²) in [6, 6.07) is 4.28. The van der Waals surface area contributed by atoms with Gasteiger partial charge in [0.05, 0.1) is 0 Å². The van der Waals surface area contributed by atoms with Crippen LogP contribution in [0.3, 0.4) is 0 Å². The maximum atomic E-state index is 2.14. The molecule has 0 atom stereocenters. The van der Waals surface area contributed by atoms with E-state index < -0.39 is 0 Å². The first-order valence-electron chi connectivity index (χ1n) is 2.32. The molecular formula is C5H5LiS. The molecule has 0 amide bonds. The van der Waals surface area contributed by atoms with Gasteiger partial charge in [-0.2, -0.15) is 0 Å². The van der Waals surface area contributed by atoms with Crippen molar-refractivity contribution in [1.29, 1.82) is 0 Å². The van der Waals surface area contributed by atoms with Crippen molar-refractivity contribution in [3.8, 4) is 0 Å². The molecule has 0 fully saturated rings. The molecular weight excluding hydrogens is 99.1 g/mol. The van der Waals surface area contributed by atoms with Crippen LogP contribution in [0.25, 0.3) is 0 Å². The Bertz CT molecular complexity index is 140. The predicted molar refractivity (Wildman–Crippen MR) is 34.4 cm³/mol. The van der Waals surface area contributed by atoms with Gasteiger partial charge in [-0.3, -0.25) is 0 Å². The molecule has 2 heteroatoms. The number of rotatable bonds is 0. The minimum absolute atomic E-state index is 1.40. The van der Waals surface area contributed by atoms with Crippen LogP contribution in [0.2, 0.25) is 0 Å². The molecule has 0 aliphatic rings. The fraction of sp³-hybridized carbons (Fsp3) is 0.200. The number of hydrogen-bond acceptors (Lipinski definition) is 1. The summed E-state index contributed by atoms with van der Waals surface area (Å²) in [7, 11) is 0. The van der Waals surface area contributed by atoms with Crippen molar-refractivity contribution in [2.45, 2.75) is 6.92 Å². The zero-order chi connectivity index (χ0) is 5.28. The van der Waals surface area contributed by atoms with E-state index in [1.54, 1.807) is 0 Å². The topological polar surface area (TPSA) is 0 Å². The van der Waals surface area contributed by atoms with Crippen molar-refractivity contribution < 1.29 is 0 Å². The molecule has 0 saturated heterocycles. The molecule has 1 aromatic heterocycles.